The number of aryl methyl sites for hydroxylation is 1. The van der Waals surface area contributed by atoms with Gasteiger partial charge in [-0.25, -0.2) is 0 Å². The predicted octanol–water partition coefficient (Wildman–Crippen LogP) is 1.91. The maximum Gasteiger partial charge on any atom is 0.140 e. The van der Waals surface area contributed by atoms with E-state index < -0.39 is 6.10 Å². The predicted molar refractivity (Wildman–Crippen MR) is 61.6 cm³/mol. The van der Waals surface area contributed by atoms with Crippen LogP contribution in [0.15, 0.2) is 12.1 Å². The molecule has 15 heavy (non-hydrogen) atoms. The molecule has 1 aromatic carbocycles. The maximum atomic E-state index is 9.81. The van der Waals surface area contributed by atoms with Gasteiger partial charge in [0.25, 0.3) is 0 Å². The first-order chi connectivity index (χ1) is 7.11. The van der Waals surface area contributed by atoms with Crippen LogP contribution in [0.4, 0.5) is 0 Å². The van der Waals surface area contributed by atoms with Gasteiger partial charge >= 0.3 is 0 Å². The number of aliphatic hydroxyl groups excluding tert-OH is 1. The number of aliphatic hydroxyl groups is 1. The Labute approximate surface area is 95.0 Å². The summed E-state index contributed by atoms with van der Waals surface area (Å²) in [6.45, 7) is 2.38. The average Bonchev–Trinajstić information content (AvgIpc) is 2.18. The Hall–Kier alpha value is -0.770. The molecule has 3 nitrogen and oxygen atoms in total. The molecule has 0 radical (unpaired) electrons. The van der Waals surface area contributed by atoms with Gasteiger partial charge in [0.15, 0.2) is 0 Å². The van der Waals surface area contributed by atoms with Gasteiger partial charge in [-0.2, -0.15) is 0 Å². The molecule has 0 aliphatic carbocycles. The highest BCUT2D eigenvalue weighted by Crippen LogP contribution is 2.34. The fourth-order valence-corrected chi connectivity index (χ4v) is 1.89. The van der Waals surface area contributed by atoms with E-state index in [4.69, 9.17) is 16.3 Å². The monoisotopic (exact) mass is 229 g/mol. The van der Waals surface area contributed by atoms with Crippen molar-refractivity contribution in [3.8, 4) is 5.75 Å². The van der Waals surface area contributed by atoms with Crippen LogP contribution < -0.4 is 10.1 Å². The fraction of sp³-hybridized carbons (Fsp3) is 0.455. The second-order valence-corrected chi connectivity index (χ2v) is 3.77. The Morgan fingerprint density at radius 3 is 2.73 bits per heavy atom. The van der Waals surface area contributed by atoms with Crippen LogP contribution in [0.5, 0.6) is 5.75 Å². The molecule has 1 aromatic rings. The number of halogens is 1. The minimum absolute atomic E-state index is 0.464. The van der Waals surface area contributed by atoms with E-state index in [-0.39, 0.29) is 0 Å². The van der Waals surface area contributed by atoms with Crippen molar-refractivity contribution >= 4 is 11.6 Å². The zero-order valence-electron chi connectivity index (χ0n) is 9.17. The summed E-state index contributed by atoms with van der Waals surface area (Å²) in [5.74, 6) is 0.629. The summed E-state index contributed by atoms with van der Waals surface area (Å²) in [6.07, 6.45) is -0.614. The van der Waals surface area contributed by atoms with Gasteiger partial charge in [0, 0.05) is 12.1 Å². The van der Waals surface area contributed by atoms with Gasteiger partial charge in [-0.15, -0.1) is 0 Å². The van der Waals surface area contributed by atoms with Crippen molar-refractivity contribution in [2.75, 3.05) is 20.7 Å². The number of hydrogen-bond acceptors (Lipinski definition) is 3. The van der Waals surface area contributed by atoms with E-state index in [2.05, 4.69) is 5.32 Å². The first-order valence-corrected chi connectivity index (χ1v) is 5.15. The summed E-state index contributed by atoms with van der Waals surface area (Å²) in [4.78, 5) is 0. The molecule has 0 saturated heterocycles. The molecule has 0 saturated carbocycles. The van der Waals surface area contributed by atoms with Gasteiger partial charge in [0.1, 0.15) is 5.75 Å². The van der Waals surface area contributed by atoms with Crippen LogP contribution in [-0.2, 0) is 0 Å². The highest BCUT2D eigenvalue weighted by molar-refractivity contribution is 6.33. The van der Waals surface area contributed by atoms with E-state index in [0.29, 0.717) is 22.9 Å². The Kier molecular flexibility index (Phi) is 4.39. The standard InChI is InChI=1S/C11H16ClNO2/c1-7-4-5-8(9(14)6-13-2)10(12)11(7)15-3/h4-5,9,13-14H,6H2,1-3H3. The first kappa shape index (κ1) is 12.3. The van der Waals surface area contributed by atoms with E-state index in [0.717, 1.165) is 5.56 Å². The van der Waals surface area contributed by atoms with Gasteiger partial charge in [0.2, 0.25) is 0 Å². The first-order valence-electron chi connectivity index (χ1n) is 4.77. The molecule has 0 fully saturated rings. The quantitative estimate of drug-likeness (QED) is 0.829. The van der Waals surface area contributed by atoms with Crippen molar-refractivity contribution in [1.82, 2.24) is 5.32 Å². The molecule has 0 aromatic heterocycles. The molecule has 84 valence electrons. The summed E-state index contributed by atoms with van der Waals surface area (Å²) < 4.78 is 5.18. The van der Waals surface area contributed by atoms with Crippen molar-refractivity contribution in [1.29, 1.82) is 0 Å². The van der Waals surface area contributed by atoms with Crippen LogP contribution in [0.25, 0.3) is 0 Å². The molecular weight excluding hydrogens is 214 g/mol. The lowest BCUT2D eigenvalue weighted by Gasteiger charge is -2.15. The number of methoxy groups -OCH3 is 1. The molecular formula is C11H16ClNO2. The smallest absolute Gasteiger partial charge is 0.140 e. The largest absolute Gasteiger partial charge is 0.495 e. The maximum absolute atomic E-state index is 9.81. The Morgan fingerprint density at radius 2 is 2.20 bits per heavy atom. The second-order valence-electron chi connectivity index (χ2n) is 3.39. The highest BCUT2D eigenvalue weighted by Gasteiger charge is 2.15. The zero-order chi connectivity index (χ0) is 11.4. The lowest BCUT2D eigenvalue weighted by Crippen LogP contribution is -2.17. The van der Waals surface area contributed by atoms with Gasteiger partial charge in [-0.1, -0.05) is 23.7 Å². The Bertz CT molecular complexity index is 342. The van der Waals surface area contributed by atoms with E-state index in [1.165, 1.54) is 0 Å². The summed E-state index contributed by atoms with van der Waals surface area (Å²) >= 11 is 6.13. The molecule has 0 spiro atoms. The molecule has 0 bridgehead atoms. The Morgan fingerprint density at radius 1 is 1.53 bits per heavy atom. The van der Waals surface area contributed by atoms with E-state index in [1.807, 2.05) is 19.1 Å². The molecule has 1 unspecified atom stereocenters. The summed E-state index contributed by atoms with van der Waals surface area (Å²) in [5, 5.41) is 13.2. The molecule has 0 heterocycles. The van der Waals surface area contributed by atoms with Crippen LogP contribution in [0.3, 0.4) is 0 Å². The molecule has 0 aliphatic heterocycles. The number of nitrogens with one attached hydrogen (secondary N) is 1. The van der Waals surface area contributed by atoms with Crippen molar-refractivity contribution in [2.45, 2.75) is 13.0 Å². The molecule has 4 heteroatoms. The SMILES string of the molecule is CNCC(O)c1ccc(C)c(OC)c1Cl. The van der Waals surface area contributed by atoms with Gasteiger partial charge in [-0.3, -0.25) is 0 Å². The third-order valence-electron chi connectivity index (χ3n) is 2.28. The van der Waals surface area contributed by atoms with Crippen molar-refractivity contribution in [3.63, 3.8) is 0 Å². The summed E-state index contributed by atoms with van der Waals surface area (Å²) in [6, 6.07) is 3.71. The third kappa shape index (κ3) is 2.62. The van der Waals surface area contributed by atoms with E-state index in [9.17, 15) is 5.11 Å². The summed E-state index contributed by atoms with van der Waals surface area (Å²) in [7, 11) is 3.35. The minimum atomic E-state index is -0.614. The van der Waals surface area contributed by atoms with E-state index >= 15 is 0 Å². The lowest BCUT2D eigenvalue weighted by atomic mass is 10.1. The lowest BCUT2D eigenvalue weighted by molar-refractivity contribution is 0.177. The summed E-state index contributed by atoms with van der Waals surface area (Å²) in [5.41, 5.74) is 1.65. The van der Waals surface area contributed by atoms with Gasteiger partial charge in [0.05, 0.1) is 18.2 Å². The number of hydrogen-bond donors (Lipinski definition) is 2. The number of likely N-dealkylation sites (N-methyl/N-ethyl adjacent to an activating group) is 1. The zero-order valence-corrected chi connectivity index (χ0v) is 9.93. The van der Waals surface area contributed by atoms with Crippen molar-refractivity contribution < 1.29 is 9.84 Å². The average molecular weight is 230 g/mol. The van der Waals surface area contributed by atoms with E-state index in [1.54, 1.807) is 14.2 Å². The van der Waals surface area contributed by atoms with Gasteiger partial charge in [-0.05, 0) is 19.5 Å². The highest BCUT2D eigenvalue weighted by atomic mass is 35.5. The Balaban J connectivity index is 3.09. The van der Waals surface area contributed by atoms with Crippen LogP contribution in [-0.4, -0.2) is 25.8 Å². The van der Waals surface area contributed by atoms with Crippen molar-refractivity contribution in [3.05, 3.63) is 28.3 Å². The van der Waals surface area contributed by atoms with Crippen LogP contribution in [0.1, 0.15) is 17.2 Å². The van der Waals surface area contributed by atoms with Crippen LogP contribution >= 0.6 is 11.6 Å². The third-order valence-corrected chi connectivity index (χ3v) is 2.67. The topological polar surface area (TPSA) is 41.5 Å². The molecule has 1 rings (SSSR count). The van der Waals surface area contributed by atoms with Crippen molar-refractivity contribution in [2.24, 2.45) is 0 Å². The number of benzene rings is 1. The molecule has 0 aliphatic rings. The second kappa shape index (κ2) is 5.35. The normalized spacial score (nSPS) is 12.6. The van der Waals surface area contributed by atoms with Gasteiger partial charge < -0.3 is 15.2 Å². The number of ether oxygens (including phenoxy) is 1. The molecule has 0 amide bonds. The molecule has 2 N–H and O–H groups in total. The van der Waals surface area contributed by atoms with Crippen LogP contribution in [0.2, 0.25) is 5.02 Å². The minimum Gasteiger partial charge on any atom is -0.495 e. The molecule has 1 atom stereocenters. The number of rotatable bonds is 4. The fourth-order valence-electron chi connectivity index (χ4n) is 1.48. The van der Waals surface area contributed by atoms with Crippen LogP contribution in [0, 0.1) is 6.92 Å².